The first-order valence-electron chi connectivity index (χ1n) is 10.3. The molecule has 0 spiro atoms. The van der Waals surface area contributed by atoms with Gasteiger partial charge in [-0.25, -0.2) is 18.4 Å². The molecule has 7 nitrogen and oxygen atoms in total. The average molecular weight is 439 g/mol. The van der Waals surface area contributed by atoms with Crippen molar-refractivity contribution >= 4 is 27.6 Å². The lowest BCUT2D eigenvalue weighted by molar-refractivity contribution is -0.114. The van der Waals surface area contributed by atoms with Crippen LogP contribution in [0, 0.1) is 18.8 Å². The van der Waals surface area contributed by atoms with Crippen LogP contribution in [-0.4, -0.2) is 39.1 Å². The minimum Gasteiger partial charge on any atom is -0.336 e. The Hall–Kier alpha value is -2.23. The summed E-state index contributed by atoms with van der Waals surface area (Å²) in [5, 5.41) is 3.25. The van der Waals surface area contributed by atoms with Crippen LogP contribution in [0.2, 0.25) is 0 Å². The molecular weight excluding hydrogens is 414 g/mol. The molecule has 2 aliphatic carbocycles. The molecule has 2 amide bonds. The van der Waals surface area contributed by atoms with Crippen LogP contribution in [0.3, 0.4) is 0 Å². The van der Waals surface area contributed by atoms with Crippen LogP contribution in [0.4, 0.5) is 13.6 Å². The fourth-order valence-corrected chi connectivity index (χ4v) is 6.00. The number of carbonyl (C=O) groups is 1. The quantitative estimate of drug-likeness (QED) is 0.780. The fourth-order valence-electron chi connectivity index (χ4n) is 4.68. The Morgan fingerprint density at radius 2 is 1.93 bits per heavy atom. The molecule has 1 aliphatic heterocycles. The molecule has 5 rings (SSSR count). The van der Waals surface area contributed by atoms with Gasteiger partial charge in [-0.2, -0.15) is 0 Å². The highest BCUT2D eigenvalue weighted by Gasteiger charge is 2.46. The third-order valence-corrected chi connectivity index (χ3v) is 7.94. The minimum atomic E-state index is -2.66. The standard InChI is InChI=1S/C20H24F2N4O3S/c1-10-5-13(10)26-16(27)15-11(2)14(9-24-4-3-23-18(24)28)30-17(15)25(19(26)29)8-12-6-20(21,22)7-12/h10,12-13H,3-9H2,1-2H3,(H,23,28). The second-order valence-corrected chi connectivity index (χ2v) is 10.0. The molecule has 2 aromatic rings. The van der Waals surface area contributed by atoms with E-state index in [1.54, 1.807) is 4.90 Å². The van der Waals surface area contributed by atoms with Crippen molar-refractivity contribution in [3.63, 3.8) is 0 Å². The molecule has 1 N–H and O–H groups in total. The molecule has 0 bridgehead atoms. The lowest BCUT2D eigenvalue weighted by Crippen LogP contribution is -2.44. The van der Waals surface area contributed by atoms with Crippen molar-refractivity contribution in [1.29, 1.82) is 0 Å². The minimum absolute atomic E-state index is 0.129. The molecule has 3 fully saturated rings. The van der Waals surface area contributed by atoms with Crippen molar-refractivity contribution in [3.8, 4) is 0 Å². The molecule has 2 atom stereocenters. The van der Waals surface area contributed by atoms with Gasteiger partial charge in [0, 0.05) is 43.4 Å². The Morgan fingerprint density at radius 3 is 2.50 bits per heavy atom. The monoisotopic (exact) mass is 438 g/mol. The Morgan fingerprint density at radius 1 is 1.23 bits per heavy atom. The van der Waals surface area contributed by atoms with Crippen LogP contribution in [-0.2, 0) is 13.1 Å². The number of hydrogen-bond acceptors (Lipinski definition) is 4. The van der Waals surface area contributed by atoms with E-state index in [1.165, 1.54) is 20.5 Å². The highest BCUT2D eigenvalue weighted by atomic mass is 32.1. The number of rotatable bonds is 5. The molecule has 1 saturated heterocycles. The van der Waals surface area contributed by atoms with Gasteiger partial charge >= 0.3 is 11.7 Å². The predicted octanol–water partition coefficient (Wildman–Crippen LogP) is 2.68. The number of nitrogens with one attached hydrogen (secondary N) is 1. The number of urea groups is 1. The number of hydrogen-bond donors (Lipinski definition) is 1. The van der Waals surface area contributed by atoms with Crippen LogP contribution < -0.4 is 16.6 Å². The van der Waals surface area contributed by atoms with E-state index in [2.05, 4.69) is 5.32 Å². The number of fused-ring (bicyclic) bond motifs is 1. The zero-order valence-corrected chi connectivity index (χ0v) is 17.7. The normalized spacial score (nSPS) is 25.6. The Balaban J connectivity index is 1.62. The number of thiophene rings is 1. The number of alkyl halides is 2. The van der Waals surface area contributed by atoms with Gasteiger partial charge in [-0.15, -0.1) is 11.3 Å². The van der Waals surface area contributed by atoms with Crippen molar-refractivity contribution in [1.82, 2.24) is 19.4 Å². The topological polar surface area (TPSA) is 76.3 Å². The van der Waals surface area contributed by atoms with Crippen molar-refractivity contribution in [2.45, 2.75) is 58.2 Å². The maximum Gasteiger partial charge on any atom is 0.332 e. The van der Waals surface area contributed by atoms with E-state index in [1.807, 2.05) is 13.8 Å². The van der Waals surface area contributed by atoms with Crippen molar-refractivity contribution in [3.05, 3.63) is 31.3 Å². The molecule has 3 heterocycles. The summed E-state index contributed by atoms with van der Waals surface area (Å²) < 4.78 is 29.6. The van der Waals surface area contributed by atoms with E-state index >= 15 is 0 Å². The summed E-state index contributed by atoms with van der Waals surface area (Å²) in [6.45, 7) is 5.56. The summed E-state index contributed by atoms with van der Waals surface area (Å²) in [6.07, 6.45) is 0.308. The van der Waals surface area contributed by atoms with Crippen LogP contribution in [0.25, 0.3) is 10.2 Å². The lowest BCUT2D eigenvalue weighted by atomic mass is 9.81. The maximum absolute atomic E-state index is 13.4. The first-order chi connectivity index (χ1) is 14.2. The van der Waals surface area contributed by atoms with Crippen molar-refractivity contribution in [2.75, 3.05) is 13.1 Å². The number of nitrogens with zero attached hydrogens (tertiary/aromatic N) is 3. The molecule has 2 unspecified atom stereocenters. The molecule has 2 aromatic heterocycles. The summed E-state index contributed by atoms with van der Waals surface area (Å²) in [7, 11) is 0. The molecule has 0 aromatic carbocycles. The predicted molar refractivity (Wildman–Crippen MR) is 109 cm³/mol. The van der Waals surface area contributed by atoms with Gasteiger partial charge in [0.2, 0.25) is 5.92 Å². The molecule has 10 heteroatoms. The van der Waals surface area contributed by atoms with E-state index in [4.69, 9.17) is 0 Å². The average Bonchev–Trinajstić information content (AvgIpc) is 3.06. The fraction of sp³-hybridized carbons (Fsp3) is 0.650. The molecule has 0 radical (unpaired) electrons. The van der Waals surface area contributed by atoms with E-state index in [9.17, 15) is 23.2 Å². The smallest absolute Gasteiger partial charge is 0.332 e. The second-order valence-electron chi connectivity index (χ2n) is 8.96. The number of amides is 2. The van der Waals surface area contributed by atoms with Gasteiger partial charge in [0.1, 0.15) is 4.83 Å². The highest BCUT2D eigenvalue weighted by molar-refractivity contribution is 7.18. The molecule has 162 valence electrons. The Labute approximate surface area is 175 Å². The van der Waals surface area contributed by atoms with Gasteiger partial charge < -0.3 is 10.2 Å². The highest BCUT2D eigenvalue weighted by Crippen LogP contribution is 2.44. The summed E-state index contributed by atoms with van der Waals surface area (Å²) in [5.41, 5.74) is 0.0728. The zero-order chi connectivity index (χ0) is 21.4. The molecule has 2 saturated carbocycles. The molecule has 30 heavy (non-hydrogen) atoms. The van der Waals surface area contributed by atoms with E-state index in [0.29, 0.717) is 29.9 Å². The molecular formula is C20H24F2N4O3S. The van der Waals surface area contributed by atoms with E-state index in [0.717, 1.165) is 16.9 Å². The number of aryl methyl sites for hydroxylation is 1. The van der Waals surface area contributed by atoms with Crippen LogP contribution in [0.15, 0.2) is 9.59 Å². The Bertz CT molecular complexity index is 1160. The first-order valence-corrected chi connectivity index (χ1v) is 11.2. The van der Waals surface area contributed by atoms with Gasteiger partial charge in [-0.05, 0) is 30.7 Å². The summed E-state index contributed by atoms with van der Waals surface area (Å²) in [6, 6.07) is -0.277. The van der Waals surface area contributed by atoms with E-state index in [-0.39, 0.29) is 48.9 Å². The van der Waals surface area contributed by atoms with Gasteiger partial charge in [-0.1, -0.05) is 6.92 Å². The number of halogens is 2. The number of carbonyl (C=O) groups excluding carboxylic acids is 1. The van der Waals surface area contributed by atoms with Gasteiger partial charge in [0.05, 0.1) is 11.9 Å². The zero-order valence-electron chi connectivity index (χ0n) is 16.9. The van der Waals surface area contributed by atoms with Crippen molar-refractivity contribution in [2.24, 2.45) is 11.8 Å². The van der Waals surface area contributed by atoms with Gasteiger partial charge in [-0.3, -0.25) is 13.9 Å². The molecule has 3 aliphatic rings. The van der Waals surface area contributed by atoms with Gasteiger partial charge in [0.25, 0.3) is 5.56 Å². The summed E-state index contributed by atoms with van der Waals surface area (Å²) >= 11 is 1.33. The van der Waals surface area contributed by atoms with Crippen LogP contribution in [0.5, 0.6) is 0 Å². The lowest BCUT2D eigenvalue weighted by Gasteiger charge is -2.35. The summed E-state index contributed by atoms with van der Waals surface area (Å²) in [4.78, 5) is 41.6. The van der Waals surface area contributed by atoms with Crippen LogP contribution >= 0.6 is 11.3 Å². The maximum atomic E-state index is 13.4. The van der Waals surface area contributed by atoms with Crippen molar-refractivity contribution < 1.29 is 13.6 Å². The SMILES string of the molecule is Cc1c(CN2CCNC2=O)sc2c1c(=O)n(C1CC1C)c(=O)n2CC1CC(F)(F)C1. The second kappa shape index (κ2) is 6.63. The first kappa shape index (κ1) is 19.7. The summed E-state index contributed by atoms with van der Waals surface area (Å²) in [5.74, 6) is -2.69. The largest absolute Gasteiger partial charge is 0.336 e. The Kier molecular flexibility index (Phi) is 4.36. The van der Waals surface area contributed by atoms with Crippen LogP contribution in [0.1, 0.15) is 42.7 Å². The third kappa shape index (κ3) is 3.07. The third-order valence-electron chi connectivity index (χ3n) is 6.64. The van der Waals surface area contributed by atoms with E-state index < -0.39 is 11.6 Å². The number of aromatic nitrogens is 2. The van der Waals surface area contributed by atoms with Gasteiger partial charge in [0.15, 0.2) is 0 Å².